The Hall–Kier alpha value is -1.37. The summed E-state index contributed by atoms with van der Waals surface area (Å²) in [6.45, 7) is 1.99. The van der Waals surface area contributed by atoms with E-state index >= 15 is 0 Å². The Morgan fingerprint density at radius 2 is 1.52 bits per heavy atom. The molecule has 0 amide bonds. The topological polar surface area (TPSA) is 69.2 Å². The maximum Gasteiger partial charge on any atom is 1.00 e. The first kappa shape index (κ1) is 18.0. The van der Waals surface area contributed by atoms with Gasteiger partial charge in [-0.3, -0.25) is 0 Å². The summed E-state index contributed by atoms with van der Waals surface area (Å²) in [5.41, 5.74) is 2.55. The SMILES string of the molecule is Cc1ccc(Nc2cccc3cccc(S(=O)(=O)[O-])c23)cc1.[Na+]. The number of anilines is 2. The van der Waals surface area contributed by atoms with E-state index in [-0.39, 0.29) is 34.5 Å². The van der Waals surface area contributed by atoms with E-state index in [0.29, 0.717) is 16.5 Å². The molecule has 0 aliphatic rings. The molecule has 0 aliphatic heterocycles. The second-order valence-electron chi connectivity index (χ2n) is 5.10. The molecule has 0 bridgehead atoms. The van der Waals surface area contributed by atoms with E-state index < -0.39 is 10.1 Å². The molecule has 0 saturated heterocycles. The summed E-state index contributed by atoms with van der Waals surface area (Å²) < 4.78 is 34.5. The van der Waals surface area contributed by atoms with E-state index in [1.54, 1.807) is 24.3 Å². The smallest absolute Gasteiger partial charge is 0.744 e. The standard InChI is InChI=1S/C17H15NO3S.Na/c1-12-8-10-14(11-9-12)18-15-6-2-4-13-5-3-7-16(17(13)15)22(19,20)21;/h2-11,18H,1H3,(H,19,20,21);/q;+1/p-1. The fourth-order valence-electron chi connectivity index (χ4n) is 2.41. The first-order valence-corrected chi connectivity index (χ1v) is 8.17. The quantitative estimate of drug-likeness (QED) is 0.568. The van der Waals surface area contributed by atoms with Gasteiger partial charge in [-0.25, -0.2) is 8.42 Å². The van der Waals surface area contributed by atoms with Gasteiger partial charge in [-0.15, -0.1) is 0 Å². The Labute approximate surface area is 157 Å². The van der Waals surface area contributed by atoms with Crippen LogP contribution in [0.3, 0.4) is 0 Å². The summed E-state index contributed by atoms with van der Waals surface area (Å²) in [6.07, 6.45) is 0. The van der Waals surface area contributed by atoms with Crippen molar-refractivity contribution in [3.63, 3.8) is 0 Å². The summed E-state index contributed by atoms with van der Waals surface area (Å²) in [7, 11) is -4.54. The maximum absolute atomic E-state index is 11.5. The van der Waals surface area contributed by atoms with Gasteiger partial charge >= 0.3 is 29.6 Å². The van der Waals surface area contributed by atoms with Crippen molar-refractivity contribution in [3.8, 4) is 0 Å². The van der Waals surface area contributed by atoms with Gasteiger partial charge in [0.1, 0.15) is 10.1 Å². The molecular weight excluding hydrogens is 321 g/mol. The van der Waals surface area contributed by atoms with E-state index in [9.17, 15) is 13.0 Å². The number of aryl methyl sites for hydroxylation is 1. The fraction of sp³-hybridized carbons (Fsp3) is 0.0588. The number of benzene rings is 3. The monoisotopic (exact) mass is 335 g/mol. The van der Waals surface area contributed by atoms with E-state index in [4.69, 9.17) is 0 Å². The molecule has 0 radical (unpaired) electrons. The number of nitrogens with one attached hydrogen (secondary N) is 1. The molecule has 0 heterocycles. The van der Waals surface area contributed by atoms with Crippen LogP contribution >= 0.6 is 0 Å². The van der Waals surface area contributed by atoms with E-state index in [1.807, 2.05) is 37.3 Å². The first-order chi connectivity index (χ1) is 10.4. The molecule has 112 valence electrons. The summed E-state index contributed by atoms with van der Waals surface area (Å²) in [5, 5.41) is 4.30. The third kappa shape index (κ3) is 3.94. The number of rotatable bonds is 3. The van der Waals surface area contributed by atoms with Crippen LogP contribution in [0.25, 0.3) is 10.8 Å². The van der Waals surface area contributed by atoms with Crippen LogP contribution in [0.15, 0.2) is 65.6 Å². The third-order valence-electron chi connectivity index (χ3n) is 3.47. The Morgan fingerprint density at radius 3 is 2.13 bits per heavy atom. The van der Waals surface area contributed by atoms with E-state index in [0.717, 1.165) is 11.3 Å². The molecule has 4 nitrogen and oxygen atoms in total. The van der Waals surface area contributed by atoms with Gasteiger partial charge in [0, 0.05) is 16.8 Å². The van der Waals surface area contributed by atoms with E-state index in [1.165, 1.54) is 6.07 Å². The summed E-state index contributed by atoms with van der Waals surface area (Å²) >= 11 is 0. The Bertz CT molecular complexity index is 932. The Kier molecular flexibility index (Phi) is 5.49. The van der Waals surface area contributed by atoms with Crippen LogP contribution in [-0.2, 0) is 10.1 Å². The minimum absolute atomic E-state index is 0. The first-order valence-electron chi connectivity index (χ1n) is 6.76. The minimum atomic E-state index is -4.54. The van der Waals surface area contributed by atoms with Crippen LogP contribution in [-0.4, -0.2) is 13.0 Å². The Morgan fingerprint density at radius 1 is 0.913 bits per heavy atom. The summed E-state index contributed by atoms with van der Waals surface area (Å²) in [6, 6.07) is 17.8. The molecule has 0 atom stereocenters. The third-order valence-corrected chi connectivity index (χ3v) is 4.35. The molecule has 0 aromatic heterocycles. The molecule has 0 spiro atoms. The van der Waals surface area contributed by atoms with Crippen molar-refractivity contribution in [2.45, 2.75) is 11.8 Å². The second-order valence-corrected chi connectivity index (χ2v) is 6.45. The number of hydrogen-bond acceptors (Lipinski definition) is 4. The average molecular weight is 335 g/mol. The molecule has 0 saturated carbocycles. The molecular formula is C17H14NNaO3S. The van der Waals surface area contributed by atoms with Crippen LogP contribution in [0.1, 0.15) is 5.56 Å². The van der Waals surface area contributed by atoms with Gasteiger partial charge in [0.15, 0.2) is 0 Å². The van der Waals surface area contributed by atoms with Crippen molar-refractivity contribution in [1.82, 2.24) is 0 Å². The number of fused-ring (bicyclic) bond motifs is 1. The van der Waals surface area contributed by atoms with Gasteiger partial charge in [0.2, 0.25) is 0 Å². The van der Waals surface area contributed by atoms with Crippen molar-refractivity contribution in [3.05, 3.63) is 66.2 Å². The average Bonchev–Trinajstić information content (AvgIpc) is 2.48. The molecule has 3 aromatic carbocycles. The van der Waals surface area contributed by atoms with Gasteiger partial charge in [-0.2, -0.15) is 0 Å². The maximum atomic E-state index is 11.5. The summed E-state index contributed by atoms with van der Waals surface area (Å²) in [4.78, 5) is -0.208. The predicted molar refractivity (Wildman–Crippen MR) is 86.4 cm³/mol. The molecule has 6 heteroatoms. The van der Waals surface area contributed by atoms with Crippen LogP contribution in [0.2, 0.25) is 0 Å². The largest absolute Gasteiger partial charge is 1.00 e. The van der Waals surface area contributed by atoms with Crippen molar-refractivity contribution < 1.29 is 42.5 Å². The molecule has 0 aliphatic carbocycles. The molecule has 3 rings (SSSR count). The zero-order valence-electron chi connectivity index (χ0n) is 12.9. The number of hydrogen-bond donors (Lipinski definition) is 1. The van der Waals surface area contributed by atoms with Crippen LogP contribution < -0.4 is 34.9 Å². The Balaban J connectivity index is 0.00000192. The van der Waals surface area contributed by atoms with Gasteiger partial charge in [0.05, 0.1) is 4.90 Å². The van der Waals surface area contributed by atoms with Crippen LogP contribution in [0.5, 0.6) is 0 Å². The normalized spacial score (nSPS) is 11.0. The molecule has 23 heavy (non-hydrogen) atoms. The van der Waals surface area contributed by atoms with Gasteiger partial charge in [0.25, 0.3) is 0 Å². The van der Waals surface area contributed by atoms with Crippen LogP contribution in [0, 0.1) is 6.92 Å². The second kappa shape index (κ2) is 7.03. The zero-order chi connectivity index (χ0) is 15.7. The molecule has 1 N–H and O–H groups in total. The minimum Gasteiger partial charge on any atom is -0.744 e. The molecule has 0 unspecified atom stereocenters. The van der Waals surface area contributed by atoms with Gasteiger partial charge in [-0.05, 0) is 36.6 Å². The van der Waals surface area contributed by atoms with Crippen molar-refractivity contribution in [2.24, 2.45) is 0 Å². The van der Waals surface area contributed by atoms with Crippen LogP contribution in [0.4, 0.5) is 11.4 Å². The summed E-state index contributed by atoms with van der Waals surface area (Å²) in [5.74, 6) is 0. The van der Waals surface area contributed by atoms with Gasteiger partial charge in [-0.1, -0.05) is 42.0 Å². The predicted octanol–water partition coefficient (Wildman–Crippen LogP) is 0.800. The molecule has 3 aromatic rings. The fourth-order valence-corrected chi connectivity index (χ4v) is 3.13. The van der Waals surface area contributed by atoms with E-state index in [2.05, 4.69) is 5.32 Å². The van der Waals surface area contributed by atoms with Gasteiger partial charge < -0.3 is 9.87 Å². The zero-order valence-corrected chi connectivity index (χ0v) is 15.7. The van der Waals surface area contributed by atoms with Crippen molar-refractivity contribution >= 4 is 32.3 Å². The van der Waals surface area contributed by atoms with Crippen molar-refractivity contribution in [2.75, 3.05) is 5.32 Å². The molecule has 0 fully saturated rings. The van der Waals surface area contributed by atoms with Crippen molar-refractivity contribution in [1.29, 1.82) is 0 Å².